The molecular weight excluding hydrogens is 274 g/mol. The molecular formula is C10H10BrN3S. The van der Waals surface area contributed by atoms with Gasteiger partial charge in [-0.25, -0.2) is 4.98 Å². The molecule has 0 radical (unpaired) electrons. The SMILES string of the molecule is Nc1ccc(NCc2cc(Br)cs2)cn1. The van der Waals surface area contributed by atoms with Crippen LogP contribution in [0.25, 0.3) is 0 Å². The third kappa shape index (κ3) is 2.94. The number of nitrogens with zero attached hydrogens (tertiary/aromatic N) is 1. The number of hydrogen-bond donors (Lipinski definition) is 2. The number of halogens is 1. The number of nitrogens with one attached hydrogen (secondary N) is 1. The number of aromatic nitrogens is 1. The summed E-state index contributed by atoms with van der Waals surface area (Å²) in [5, 5.41) is 5.34. The topological polar surface area (TPSA) is 50.9 Å². The van der Waals surface area contributed by atoms with Crippen LogP contribution >= 0.6 is 27.3 Å². The van der Waals surface area contributed by atoms with Crippen molar-refractivity contribution in [3.63, 3.8) is 0 Å². The molecule has 2 rings (SSSR count). The third-order valence-corrected chi connectivity index (χ3v) is 3.57. The summed E-state index contributed by atoms with van der Waals surface area (Å²) < 4.78 is 1.12. The van der Waals surface area contributed by atoms with Gasteiger partial charge in [0.25, 0.3) is 0 Å². The second-order valence-electron chi connectivity index (χ2n) is 3.06. The van der Waals surface area contributed by atoms with Crippen LogP contribution in [0.5, 0.6) is 0 Å². The van der Waals surface area contributed by atoms with E-state index >= 15 is 0 Å². The molecule has 0 amide bonds. The van der Waals surface area contributed by atoms with Gasteiger partial charge in [0.05, 0.1) is 11.9 Å². The second-order valence-corrected chi connectivity index (χ2v) is 4.97. The molecule has 0 bridgehead atoms. The molecule has 3 N–H and O–H groups in total. The number of rotatable bonds is 3. The van der Waals surface area contributed by atoms with Crippen LogP contribution in [0, 0.1) is 0 Å². The Balaban J connectivity index is 1.96. The summed E-state index contributed by atoms with van der Waals surface area (Å²) in [6.07, 6.45) is 1.73. The quantitative estimate of drug-likeness (QED) is 0.910. The normalized spacial score (nSPS) is 10.2. The van der Waals surface area contributed by atoms with Gasteiger partial charge in [0, 0.05) is 21.3 Å². The van der Waals surface area contributed by atoms with Crippen LogP contribution in [-0.4, -0.2) is 4.98 Å². The lowest BCUT2D eigenvalue weighted by Crippen LogP contribution is -1.98. The van der Waals surface area contributed by atoms with Crippen molar-refractivity contribution in [2.24, 2.45) is 0 Å². The molecule has 78 valence electrons. The number of anilines is 2. The predicted octanol–water partition coefficient (Wildman–Crippen LogP) is 3.10. The Bertz CT molecular complexity index is 438. The molecule has 2 heterocycles. The first-order chi connectivity index (χ1) is 7.24. The summed E-state index contributed by atoms with van der Waals surface area (Å²) >= 11 is 5.14. The van der Waals surface area contributed by atoms with E-state index in [1.807, 2.05) is 6.07 Å². The van der Waals surface area contributed by atoms with Crippen LogP contribution in [-0.2, 0) is 6.54 Å². The van der Waals surface area contributed by atoms with Gasteiger partial charge in [-0.1, -0.05) is 0 Å². The molecule has 0 saturated carbocycles. The first-order valence-corrected chi connectivity index (χ1v) is 6.09. The van der Waals surface area contributed by atoms with Crippen LogP contribution < -0.4 is 11.1 Å². The van der Waals surface area contributed by atoms with E-state index in [0.29, 0.717) is 5.82 Å². The van der Waals surface area contributed by atoms with Crippen molar-refractivity contribution in [1.29, 1.82) is 0 Å². The molecule has 2 aromatic heterocycles. The highest BCUT2D eigenvalue weighted by atomic mass is 79.9. The Morgan fingerprint density at radius 1 is 1.47 bits per heavy atom. The van der Waals surface area contributed by atoms with Crippen LogP contribution in [0.3, 0.4) is 0 Å². The molecule has 0 saturated heterocycles. The first kappa shape index (κ1) is 10.4. The van der Waals surface area contributed by atoms with E-state index in [9.17, 15) is 0 Å². The maximum Gasteiger partial charge on any atom is 0.123 e. The maximum absolute atomic E-state index is 5.49. The fraction of sp³-hybridized carbons (Fsp3) is 0.100. The van der Waals surface area contributed by atoms with Gasteiger partial charge in [-0.3, -0.25) is 0 Å². The molecule has 0 atom stereocenters. The molecule has 5 heteroatoms. The summed E-state index contributed by atoms with van der Waals surface area (Å²) in [5.74, 6) is 0.541. The Morgan fingerprint density at radius 2 is 2.33 bits per heavy atom. The summed E-state index contributed by atoms with van der Waals surface area (Å²) in [5.41, 5.74) is 6.47. The zero-order valence-electron chi connectivity index (χ0n) is 7.90. The van der Waals surface area contributed by atoms with E-state index in [1.165, 1.54) is 4.88 Å². The summed E-state index contributed by atoms with van der Waals surface area (Å²) in [7, 11) is 0. The zero-order chi connectivity index (χ0) is 10.7. The van der Waals surface area contributed by atoms with Crippen molar-refractivity contribution in [3.05, 3.63) is 39.1 Å². The van der Waals surface area contributed by atoms with E-state index in [0.717, 1.165) is 16.7 Å². The van der Waals surface area contributed by atoms with Crippen molar-refractivity contribution >= 4 is 38.8 Å². The Hall–Kier alpha value is -1.07. The molecule has 3 nitrogen and oxygen atoms in total. The molecule has 0 aliphatic heterocycles. The molecule has 0 aliphatic rings. The zero-order valence-corrected chi connectivity index (χ0v) is 10.3. The van der Waals surface area contributed by atoms with Crippen molar-refractivity contribution in [3.8, 4) is 0 Å². The average Bonchev–Trinajstić information content (AvgIpc) is 2.64. The fourth-order valence-electron chi connectivity index (χ4n) is 1.15. The van der Waals surface area contributed by atoms with Gasteiger partial charge in [-0.15, -0.1) is 11.3 Å². The number of nitrogen functional groups attached to an aromatic ring is 1. The summed E-state index contributed by atoms with van der Waals surface area (Å²) in [4.78, 5) is 5.28. The van der Waals surface area contributed by atoms with Crippen molar-refractivity contribution in [2.45, 2.75) is 6.54 Å². The molecule has 2 aromatic rings. The minimum absolute atomic E-state index is 0.541. The van der Waals surface area contributed by atoms with E-state index in [1.54, 1.807) is 23.6 Å². The standard InChI is InChI=1S/C10H10BrN3S/c11-7-3-9(15-6-7)5-13-8-1-2-10(12)14-4-8/h1-4,6,13H,5H2,(H2,12,14). The van der Waals surface area contributed by atoms with Crippen LogP contribution in [0.15, 0.2) is 34.2 Å². The Kier molecular flexibility index (Phi) is 3.23. The molecule has 0 unspecified atom stereocenters. The first-order valence-electron chi connectivity index (χ1n) is 4.42. The monoisotopic (exact) mass is 283 g/mol. The molecule has 0 spiro atoms. The predicted molar refractivity (Wildman–Crippen MR) is 68.0 cm³/mol. The van der Waals surface area contributed by atoms with E-state index in [2.05, 4.69) is 37.7 Å². The van der Waals surface area contributed by atoms with E-state index < -0.39 is 0 Å². The fourth-order valence-corrected chi connectivity index (χ4v) is 2.54. The van der Waals surface area contributed by atoms with Gasteiger partial charge in [0.2, 0.25) is 0 Å². The van der Waals surface area contributed by atoms with Crippen molar-refractivity contribution < 1.29 is 0 Å². The largest absolute Gasteiger partial charge is 0.384 e. The van der Waals surface area contributed by atoms with E-state index in [4.69, 9.17) is 5.73 Å². The smallest absolute Gasteiger partial charge is 0.123 e. The number of pyridine rings is 1. The van der Waals surface area contributed by atoms with Gasteiger partial charge in [0.15, 0.2) is 0 Å². The highest BCUT2D eigenvalue weighted by Crippen LogP contribution is 2.20. The molecule has 0 aromatic carbocycles. The van der Waals surface area contributed by atoms with Gasteiger partial charge in [-0.05, 0) is 34.1 Å². The number of nitrogens with two attached hydrogens (primary N) is 1. The van der Waals surface area contributed by atoms with E-state index in [-0.39, 0.29) is 0 Å². The minimum atomic E-state index is 0.541. The van der Waals surface area contributed by atoms with Crippen molar-refractivity contribution in [1.82, 2.24) is 4.98 Å². The van der Waals surface area contributed by atoms with Crippen LogP contribution in [0.2, 0.25) is 0 Å². The summed E-state index contributed by atoms with van der Waals surface area (Å²) in [6.45, 7) is 0.807. The van der Waals surface area contributed by atoms with Gasteiger partial charge in [0.1, 0.15) is 5.82 Å². The lowest BCUT2D eigenvalue weighted by atomic mass is 10.4. The maximum atomic E-state index is 5.49. The minimum Gasteiger partial charge on any atom is -0.384 e. The Morgan fingerprint density at radius 3 is 2.93 bits per heavy atom. The second kappa shape index (κ2) is 4.63. The lowest BCUT2D eigenvalue weighted by Gasteiger charge is -2.03. The average molecular weight is 284 g/mol. The van der Waals surface area contributed by atoms with Gasteiger partial charge >= 0.3 is 0 Å². The Labute approximate surface area is 100 Å². The highest BCUT2D eigenvalue weighted by molar-refractivity contribution is 9.10. The molecule has 15 heavy (non-hydrogen) atoms. The third-order valence-electron chi connectivity index (χ3n) is 1.87. The van der Waals surface area contributed by atoms with Crippen LogP contribution in [0.1, 0.15) is 4.88 Å². The van der Waals surface area contributed by atoms with Crippen molar-refractivity contribution in [2.75, 3.05) is 11.1 Å². The number of hydrogen-bond acceptors (Lipinski definition) is 4. The lowest BCUT2D eigenvalue weighted by molar-refractivity contribution is 1.17. The molecule has 0 fully saturated rings. The summed E-state index contributed by atoms with van der Waals surface area (Å²) in [6, 6.07) is 5.81. The van der Waals surface area contributed by atoms with Gasteiger partial charge < -0.3 is 11.1 Å². The highest BCUT2D eigenvalue weighted by Gasteiger charge is 1.97. The van der Waals surface area contributed by atoms with Gasteiger partial charge in [-0.2, -0.15) is 0 Å². The molecule has 0 aliphatic carbocycles. The number of thiophene rings is 1. The van der Waals surface area contributed by atoms with Crippen LogP contribution in [0.4, 0.5) is 11.5 Å².